The Labute approximate surface area is 157 Å². The summed E-state index contributed by atoms with van der Waals surface area (Å²) in [7, 11) is 1.75. The van der Waals surface area contributed by atoms with E-state index >= 15 is 0 Å². The number of halogens is 1. The van der Waals surface area contributed by atoms with E-state index in [-0.39, 0.29) is 18.3 Å². The van der Waals surface area contributed by atoms with Crippen molar-refractivity contribution >= 4 is 16.8 Å². The molecule has 138 valence electrons. The summed E-state index contributed by atoms with van der Waals surface area (Å²) in [5, 5.41) is 0.894. The summed E-state index contributed by atoms with van der Waals surface area (Å²) in [6.07, 6.45) is 2.83. The lowest BCUT2D eigenvalue weighted by Crippen LogP contribution is -2.32. The van der Waals surface area contributed by atoms with E-state index in [1.807, 2.05) is 24.3 Å². The van der Waals surface area contributed by atoms with Gasteiger partial charge in [-0.15, -0.1) is 0 Å². The van der Waals surface area contributed by atoms with Gasteiger partial charge in [-0.1, -0.05) is 30.3 Å². The Hall–Kier alpha value is -2.95. The highest BCUT2D eigenvalue weighted by atomic mass is 19.1. The third kappa shape index (κ3) is 3.37. The van der Waals surface area contributed by atoms with E-state index in [9.17, 15) is 9.18 Å². The quantitative estimate of drug-likeness (QED) is 0.687. The molecular formula is C22H21FN2O2. The molecule has 3 aromatic rings. The Morgan fingerprint density at radius 2 is 1.93 bits per heavy atom. The highest BCUT2D eigenvalue weighted by Gasteiger charge is 2.25. The van der Waals surface area contributed by atoms with Gasteiger partial charge in [-0.25, -0.2) is 4.39 Å². The van der Waals surface area contributed by atoms with Gasteiger partial charge >= 0.3 is 0 Å². The summed E-state index contributed by atoms with van der Waals surface area (Å²) in [4.78, 5) is 19.6. The zero-order valence-corrected chi connectivity index (χ0v) is 15.2. The minimum absolute atomic E-state index is 0.0381. The van der Waals surface area contributed by atoms with E-state index in [1.54, 1.807) is 30.1 Å². The average molecular weight is 364 g/mol. The topological polar surface area (TPSA) is 42.4 Å². The summed E-state index contributed by atoms with van der Waals surface area (Å²) in [6, 6.07) is 14.1. The van der Waals surface area contributed by atoms with E-state index in [0.29, 0.717) is 6.54 Å². The molecule has 2 aromatic carbocycles. The maximum atomic E-state index is 13.6. The number of likely N-dealkylation sites (N-methyl/N-ethyl adjacent to an activating group) is 1. The van der Waals surface area contributed by atoms with Crippen molar-refractivity contribution < 1.29 is 13.9 Å². The molecule has 1 aliphatic rings. The van der Waals surface area contributed by atoms with E-state index in [4.69, 9.17) is 9.72 Å². The molecule has 0 spiro atoms. The number of aryl methyl sites for hydroxylation is 1. The Balaban J connectivity index is 1.55. The molecule has 0 atom stereocenters. The van der Waals surface area contributed by atoms with Crippen LogP contribution in [0.4, 0.5) is 4.39 Å². The standard InChI is InChI=1S/C22H21FN2O2/c1-25(13-14-27-20-12-5-3-9-17(20)23)22(26)21-15-7-2-4-10-18(15)24-19-11-6-8-16(19)21/h2-5,7,9-10,12H,6,8,11,13-14H2,1H3. The molecule has 0 aliphatic heterocycles. The van der Waals surface area contributed by atoms with Gasteiger partial charge in [0, 0.05) is 18.1 Å². The average Bonchev–Trinajstić information content (AvgIpc) is 3.15. The molecule has 5 heteroatoms. The first-order chi connectivity index (χ1) is 13.1. The number of carbonyl (C=O) groups excluding carboxylic acids is 1. The van der Waals surface area contributed by atoms with Gasteiger partial charge in [0.25, 0.3) is 5.91 Å². The number of para-hydroxylation sites is 2. The summed E-state index contributed by atoms with van der Waals surface area (Å²) < 4.78 is 19.1. The summed E-state index contributed by atoms with van der Waals surface area (Å²) >= 11 is 0. The molecule has 0 unspecified atom stereocenters. The molecule has 0 radical (unpaired) electrons. The number of pyridine rings is 1. The monoisotopic (exact) mass is 364 g/mol. The van der Waals surface area contributed by atoms with Gasteiger partial charge in [0.1, 0.15) is 6.61 Å². The molecule has 0 bridgehead atoms. The zero-order chi connectivity index (χ0) is 18.8. The molecule has 1 heterocycles. The molecule has 27 heavy (non-hydrogen) atoms. The van der Waals surface area contributed by atoms with Crippen molar-refractivity contribution in [1.29, 1.82) is 0 Å². The predicted octanol–water partition coefficient (Wildman–Crippen LogP) is 4.01. The van der Waals surface area contributed by atoms with Crippen LogP contribution in [-0.4, -0.2) is 36.0 Å². The molecule has 0 N–H and O–H groups in total. The van der Waals surface area contributed by atoms with Crippen LogP contribution in [0.2, 0.25) is 0 Å². The number of benzene rings is 2. The first-order valence-corrected chi connectivity index (χ1v) is 9.18. The summed E-state index contributed by atoms with van der Waals surface area (Å²) in [6.45, 7) is 0.604. The Bertz CT molecular complexity index is 1000. The van der Waals surface area contributed by atoms with Crippen molar-refractivity contribution in [2.45, 2.75) is 19.3 Å². The van der Waals surface area contributed by atoms with E-state index in [1.165, 1.54) is 6.07 Å². The molecule has 0 saturated heterocycles. The second-order valence-corrected chi connectivity index (χ2v) is 6.79. The summed E-state index contributed by atoms with van der Waals surface area (Å²) in [5.41, 5.74) is 3.72. The first-order valence-electron chi connectivity index (χ1n) is 9.18. The number of rotatable bonds is 5. The molecule has 1 aliphatic carbocycles. The Kier molecular flexibility index (Phi) is 4.75. The molecule has 1 amide bonds. The fourth-order valence-electron chi connectivity index (χ4n) is 3.60. The van der Waals surface area contributed by atoms with E-state index in [2.05, 4.69) is 0 Å². The highest BCUT2D eigenvalue weighted by molar-refractivity contribution is 6.07. The van der Waals surface area contributed by atoms with Crippen LogP contribution in [0.15, 0.2) is 48.5 Å². The third-order valence-electron chi connectivity index (χ3n) is 5.00. The number of hydrogen-bond donors (Lipinski definition) is 0. The third-order valence-corrected chi connectivity index (χ3v) is 5.00. The van der Waals surface area contributed by atoms with Gasteiger partial charge in [0.05, 0.1) is 17.6 Å². The zero-order valence-electron chi connectivity index (χ0n) is 15.2. The molecule has 4 nitrogen and oxygen atoms in total. The van der Waals surface area contributed by atoms with Crippen molar-refractivity contribution in [3.05, 3.63) is 71.2 Å². The fourth-order valence-corrected chi connectivity index (χ4v) is 3.60. The number of nitrogens with zero attached hydrogens (tertiary/aromatic N) is 2. The van der Waals surface area contributed by atoms with E-state index < -0.39 is 5.82 Å². The minimum atomic E-state index is -0.399. The van der Waals surface area contributed by atoms with Crippen molar-refractivity contribution in [2.24, 2.45) is 0 Å². The van der Waals surface area contributed by atoms with Gasteiger partial charge in [-0.2, -0.15) is 0 Å². The van der Waals surface area contributed by atoms with Crippen LogP contribution in [-0.2, 0) is 12.8 Å². The second kappa shape index (κ2) is 7.35. The smallest absolute Gasteiger partial charge is 0.254 e. The first kappa shape index (κ1) is 17.5. The largest absolute Gasteiger partial charge is 0.489 e. The lowest BCUT2D eigenvalue weighted by molar-refractivity contribution is 0.0773. The van der Waals surface area contributed by atoms with Gasteiger partial charge in [0.15, 0.2) is 11.6 Å². The molecular weight excluding hydrogens is 343 g/mol. The van der Waals surface area contributed by atoms with Gasteiger partial charge in [0.2, 0.25) is 0 Å². The van der Waals surface area contributed by atoms with Crippen LogP contribution in [0.5, 0.6) is 5.75 Å². The number of hydrogen-bond acceptors (Lipinski definition) is 3. The predicted molar refractivity (Wildman–Crippen MR) is 103 cm³/mol. The lowest BCUT2D eigenvalue weighted by atomic mass is 10.00. The maximum Gasteiger partial charge on any atom is 0.254 e. The number of amides is 1. The fraction of sp³-hybridized carbons (Fsp3) is 0.273. The normalized spacial score (nSPS) is 12.8. The molecule has 1 aromatic heterocycles. The lowest BCUT2D eigenvalue weighted by Gasteiger charge is -2.20. The van der Waals surface area contributed by atoms with Gasteiger partial charge < -0.3 is 9.64 Å². The van der Waals surface area contributed by atoms with Crippen LogP contribution in [0, 0.1) is 5.82 Å². The highest BCUT2D eigenvalue weighted by Crippen LogP contribution is 2.30. The number of fused-ring (bicyclic) bond motifs is 2. The van der Waals surface area contributed by atoms with Crippen molar-refractivity contribution in [3.8, 4) is 5.75 Å². The number of carbonyl (C=O) groups is 1. The Morgan fingerprint density at radius 3 is 2.78 bits per heavy atom. The van der Waals surface area contributed by atoms with Crippen molar-refractivity contribution in [3.63, 3.8) is 0 Å². The van der Waals surface area contributed by atoms with Crippen LogP contribution in [0.3, 0.4) is 0 Å². The second-order valence-electron chi connectivity index (χ2n) is 6.79. The van der Waals surface area contributed by atoms with Gasteiger partial charge in [-0.3, -0.25) is 9.78 Å². The van der Waals surface area contributed by atoms with Crippen LogP contribution in [0.25, 0.3) is 10.9 Å². The van der Waals surface area contributed by atoms with Gasteiger partial charge in [-0.05, 0) is 43.0 Å². The van der Waals surface area contributed by atoms with Crippen molar-refractivity contribution in [1.82, 2.24) is 9.88 Å². The van der Waals surface area contributed by atoms with Crippen LogP contribution in [0.1, 0.15) is 28.0 Å². The Morgan fingerprint density at radius 1 is 1.15 bits per heavy atom. The summed E-state index contributed by atoms with van der Waals surface area (Å²) in [5.74, 6) is -0.234. The minimum Gasteiger partial charge on any atom is -0.489 e. The number of aromatic nitrogens is 1. The van der Waals surface area contributed by atoms with E-state index in [0.717, 1.165) is 47.0 Å². The van der Waals surface area contributed by atoms with Crippen molar-refractivity contribution in [2.75, 3.05) is 20.2 Å². The van der Waals surface area contributed by atoms with Crippen LogP contribution < -0.4 is 4.74 Å². The van der Waals surface area contributed by atoms with Crippen LogP contribution >= 0.6 is 0 Å². The number of ether oxygens (including phenoxy) is 1. The molecule has 0 fully saturated rings. The maximum absolute atomic E-state index is 13.6. The SMILES string of the molecule is CN(CCOc1ccccc1F)C(=O)c1c2c(nc3ccccc13)CCC2. The molecule has 4 rings (SSSR count). The molecule has 0 saturated carbocycles.